The molecule has 0 aliphatic rings. The molecule has 0 atom stereocenters. The summed E-state index contributed by atoms with van der Waals surface area (Å²) >= 11 is 0. The predicted molar refractivity (Wildman–Crippen MR) is 99.4 cm³/mol. The molecule has 0 radical (unpaired) electrons. The molecule has 6 heteroatoms. The lowest BCUT2D eigenvalue weighted by Crippen LogP contribution is -2.20. The Balaban J connectivity index is 1.99. The van der Waals surface area contributed by atoms with E-state index in [1.807, 2.05) is 55.3 Å². The molecular weight excluding hydrogens is 316 g/mol. The van der Waals surface area contributed by atoms with Gasteiger partial charge in [-0.15, -0.1) is 10.2 Å². The fraction of sp³-hybridized carbons (Fsp3) is 0.211. The number of ether oxygens (including phenoxy) is 1. The third-order valence-corrected chi connectivity index (χ3v) is 4.05. The first-order chi connectivity index (χ1) is 12.1. The lowest BCUT2D eigenvalue weighted by atomic mass is 10.1. The lowest BCUT2D eigenvalue weighted by Gasteiger charge is -2.18. The number of nitrogens with zero attached hydrogens (tertiary/aromatic N) is 3. The van der Waals surface area contributed by atoms with Gasteiger partial charge in [-0.25, -0.2) is 0 Å². The van der Waals surface area contributed by atoms with E-state index in [1.165, 1.54) is 0 Å². The van der Waals surface area contributed by atoms with Crippen LogP contribution in [0, 0.1) is 0 Å². The molecule has 1 heterocycles. The normalized spacial score (nSPS) is 10.5. The molecule has 3 aromatic rings. The van der Waals surface area contributed by atoms with E-state index in [1.54, 1.807) is 19.2 Å². The predicted octanol–water partition coefficient (Wildman–Crippen LogP) is 3.35. The summed E-state index contributed by atoms with van der Waals surface area (Å²) in [7, 11) is 3.54. The summed E-state index contributed by atoms with van der Waals surface area (Å²) in [6, 6.07) is 14.9. The van der Waals surface area contributed by atoms with Crippen molar-refractivity contribution in [3.63, 3.8) is 0 Å². The van der Waals surface area contributed by atoms with E-state index in [2.05, 4.69) is 15.5 Å². The van der Waals surface area contributed by atoms with Gasteiger partial charge in [0, 0.05) is 36.1 Å². The topological polar surface area (TPSA) is 67.4 Å². The van der Waals surface area contributed by atoms with Crippen molar-refractivity contribution in [2.24, 2.45) is 0 Å². The molecule has 0 aliphatic heterocycles. The Morgan fingerprint density at radius 3 is 2.60 bits per heavy atom. The maximum absolute atomic E-state index is 12.7. The van der Waals surface area contributed by atoms with Gasteiger partial charge in [-0.1, -0.05) is 30.3 Å². The number of nitrogens with one attached hydrogen (secondary N) is 1. The maximum atomic E-state index is 12.7. The summed E-state index contributed by atoms with van der Waals surface area (Å²) in [5.41, 5.74) is 0.941. The standard InChI is InChI=1S/C19H20N4O2/c1-4-23(2)18-16-11-6-5-10-15(16)17(21-22-18)19(24)20-13-8-7-9-14(12-13)25-3/h5-12H,4H2,1-3H3,(H,20,24). The molecule has 6 nitrogen and oxygen atoms in total. The second-order valence-electron chi connectivity index (χ2n) is 5.62. The van der Waals surface area contributed by atoms with Crippen molar-refractivity contribution in [1.82, 2.24) is 10.2 Å². The van der Waals surface area contributed by atoms with Crippen molar-refractivity contribution < 1.29 is 9.53 Å². The van der Waals surface area contributed by atoms with Gasteiger partial charge in [0.25, 0.3) is 5.91 Å². The SMILES string of the molecule is CCN(C)c1nnc(C(=O)Nc2cccc(OC)c2)c2ccccc12. The molecule has 0 bridgehead atoms. The van der Waals surface area contributed by atoms with Gasteiger partial charge in [-0.2, -0.15) is 0 Å². The number of methoxy groups -OCH3 is 1. The zero-order valence-electron chi connectivity index (χ0n) is 14.5. The molecule has 0 spiro atoms. The summed E-state index contributed by atoms with van der Waals surface area (Å²) in [6.07, 6.45) is 0. The first-order valence-corrected chi connectivity index (χ1v) is 8.06. The summed E-state index contributed by atoms with van der Waals surface area (Å²) in [4.78, 5) is 14.7. The summed E-state index contributed by atoms with van der Waals surface area (Å²) in [5.74, 6) is 1.13. The number of anilines is 2. The van der Waals surface area contributed by atoms with Crippen LogP contribution in [0.1, 0.15) is 17.4 Å². The molecule has 0 aliphatic carbocycles. The molecule has 3 rings (SSSR count). The first-order valence-electron chi connectivity index (χ1n) is 8.06. The van der Waals surface area contributed by atoms with E-state index in [0.29, 0.717) is 17.1 Å². The maximum Gasteiger partial charge on any atom is 0.276 e. The Morgan fingerprint density at radius 1 is 1.12 bits per heavy atom. The van der Waals surface area contributed by atoms with Crippen LogP contribution in [0.5, 0.6) is 5.75 Å². The van der Waals surface area contributed by atoms with Crippen LogP contribution in [0.4, 0.5) is 11.5 Å². The van der Waals surface area contributed by atoms with Gasteiger partial charge in [0.2, 0.25) is 0 Å². The van der Waals surface area contributed by atoms with Crippen LogP contribution in [-0.4, -0.2) is 36.8 Å². The third-order valence-electron chi connectivity index (χ3n) is 4.05. The largest absolute Gasteiger partial charge is 0.497 e. The van der Waals surface area contributed by atoms with Crippen LogP contribution in [0.15, 0.2) is 48.5 Å². The minimum absolute atomic E-state index is 0.298. The van der Waals surface area contributed by atoms with Crippen LogP contribution < -0.4 is 15.0 Å². The highest BCUT2D eigenvalue weighted by Crippen LogP contribution is 2.26. The van der Waals surface area contributed by atoms with Crippen molar-refractivity contribution in [3.05, 3.63) is 54.2 Å². The van der Waals surface area contributed by atoms with Crippen molar-refractivity contribution in [2.75, 3.05) is 30.9 Å². The molecule has 0 saturated carbocycles. The van der Waals surface area contributed by atoms with E-state index >= 15 is 0 Å². The molecule has 25 heavy (non-hydrogen) atoms. The average molecular weight is 336 g/mol. The van der Waals surface area contributed by atoms with Crippen LogP contribution in [0.3, 0.4) is 0 Å². The van der Waals surface area contributed by atoms with E-state index < -0.39 is 0 Å². The summed E-state index contributed by atoms with van der Waals surface area (Å²) in [6.45, 7) is 2.84. The number of rotatable bonds is 5. The lowest BCUT2D eigenvalue weighted by molar-refractivity contribution is 0.102. The fourth-order valence-electron chi connectivity index (χ4n) is 2.58. The van der Waals surface area contributed by atoms with Crippen LogP contribution in [0.2, 0.25) is 0 Å². The van der Waals surface area contributed by atoms with Gasteiger partial charge in [-0.3, -0.25) is 4.79 Å². The van der Waals surface area contributed by atoms with E-state index in [0.717, 1.165) is 23.1 Å². The smallest absolute Gasteiger partial charge is 0.276 e. The second kappa shape index (κ2) is 7.17. The van der Waals surface area contributed by atoms with E-state index in [-0.39, 0.29) is 5.91 Å². The number of aromatic nitrogens is 2. The van der Waals surface area contributed by atoms with Crippen molar-refractivity contribution >= 4 is 28.2 Å². The molecule has 2 aromatic carbocycles. The number of amides is 1. The number of hydrogen-bond donors (Lipinski definition) is 1. The second-order valence-corrected chi connectivity index (χ2v) is 5.62. The van der Waals surface area contributed by atoms with Gasteiger partial charge < -0.3 is 15.0 Å². The van der Waals surface area contributed by atoms with Crippen LogP contribution >= 0.6 is 0 Å². The molecule has 0 fully saturated rings. The molecular formula is C19H20N4O2. The van der Waals surface area contributed by atoms with Crippen molar-refractivity contribution in [3.8, 4) is 5.75 Å². The van der Waals surface area contributed by atoms with Crippen LogP contribution in [0.25, 0.3) is 10.8 Å². The molecule has 1 N–H and O–H groups in total. The molecule has 1 amide bonds. The Morgan fingerprint density at radius 2 is 1.88 bits per heavy atom. The summed E-state index contributed by atoms with van der Waals surface area (Å²) < 4.78 is 5.18. The Bertz CT molecular complexity index is 911. The average Bonchev–Trinajstić information content (AvgIpc) is 2.66. The molecule has 0 saturated heterocycles. The molecule has 1 aromatic heterocycles. The fourth-order valence-corrected chi connectivity index (χ4v) is 2.58. The minimum atomic E-state index is -0.303. The van der Waals surface area contributed by atoms with Gasteiger partial charge >= 0.3 is 0 Å². The third kappa shape index (κ3) is 3.38. The number of carbonyl (C=O) groups excluding carboxylic acids is 1. The highest BCUT2D eigenvalue weighted by molar-refractivity contribution is 6.12. The Labute approximate surface area is 146 Å². The quantitative estimate of drug-likeness (QED) is 0.774. The van der Waals surface area contributed by atoms with Gasteiger partial charge in [0.15, 0.2) is 11.5 Å². The van der Waals surface area contributed by atoms with Crippen molar-refractivity contribution in [1.29, 1.82) is 0 Å². The van der Waals surface area contributed by atoms with Gasteiger partial charge in [0.1, 0.15) is 5.75 Å². The van der Waals surface area contributed by atoms with Crippen molar-refractivity contribution in [2.45, 2.75) is 6.92 Å². The number of carbonyl (C=O) groups is 1. The first kappa shape index (κ1) is 16.7. The minimum Gasteiger partial charge on any atom is -0.497 e. The van der Waals surface area contributed by atoms with Crippen LogP contribution in [-0.2, 0) is 0 Å². The van der Waals surface area contributed by atoms with Gasteiger partial charge in [-0.05, 0) is 19.1 Å². The Hall–Kier alpha value is -3.15. The van der Waals surface area contributed by atoms with E-state index in [9.17, 15) is 4.79 Å². The molecule has 0 unspecified atom stereocenters. The van der Waals surface area contributed by atoms with Gasteiger partial charge in [0.05, 0.1) is 7.11 Å². The number of benzene rings is 2. The highest BCUT2D eigenvalue weighted by atomic mass is 16.5. The highest BCUT2D eigenvalue weighted by Gasteiger charge is 2.17. The van der Waals surface area contributed by atoms with E-state index in [4.69, 9.17) is 4.74 Å². The monoisotopic (exact) mass is 336 g/mol. The number of hydrogen-bond acceptors (Lipinski definition) is 5. The number of fused-ring (bicyclic) bond motifs is 1. The zero-order valence-corrected chi connectivity index (χ0v) is 14.5. The zero-order chi connectivity index (χ0) is 17.8. The Kier molecular flexibility index (Phi) is 4.79. The molecule has 128 valence electrons. The summed E-state index contributed by atoms with van der Waals surface area (Å²) in [5, 5.41) is 13.0.